The molecule has 2 amide bonds. The van der Waals surface area contributed by atoms with Crippen LogP contribution in [0.15, 0.2) is 24.3 Å². The van der Waals surface area contributed by atoms with Crippen LogP contribution < -0.4 is 5.32 Å². The second-order valence-corrected chi connectivity index (χ2v) is 8.94. The number of amides is 2. The molecule has 1 spiro atoms. The van der Waals surface area contributed by atoms with Crippen LogP contribution in [0.5, 0.6) is 0 Å². The van der Waals surface area contributed by atoms with Gasteiger partial charge in [-0.05, 0) is 49.7 Å². The number of nitrogens with zero attached hydrogens (tertiary/aromatic N) is 1. The fourth-order valence-electron chi connectivity index (χ4n) is 5.61. The highest BCUT2D eigenvalue weighted by Gasteiger charge is 2.55. The van der Waals surface area contributed by atoms with E-state index in [1.54, 1.807) is 0 Å². The standard InChI is InChI=1S/C24H34N2O3/c1-2-3-14-26-23(28)20-9-5-4-8-19(20)21(24(26)12-6-7-13-24)22(27)25-17-18-10-15-29-16-11-18/h4-5,8-9,18,21H,2-3,6-7,10-17H2,1H3,(H,25,27)/t21-/m1/s1. The molecule has 0 aromatic heterocycles. The number of nitrogens with one attached hydrogen (secondary N) is 1. The normalized spacial score (nSPS) is 24.0. The van der Waals surface area contributed by atoms with Gasteiger partial charge in [-0.1, -0.05) is 44.4 Å². The summed E-state index contributed by atoms with van der Waals surface area (Å²) in [6.07, 6.45) is 8.05. The van der Waals surface area contributed by atoms with Crippen LogP contribution in [0.4, 0.5) is 0 Å². The first-order chi connectivity index (χ1) is 14.2. The van der Waals surface area contributed by atoms with E-state index in [0.29, 0.717) is 18.0 Å². The molecule has 2 aliphatic heterocycles. The first kappa shape index (κ1) is 20.4. The molecule has 1 saturated heterocycles. The molecule has 0 radical (unpaired) electrons. The minimum Gasteiger partial charge on any atom is -0.381 e. The van der Waals surface area contributed by atoms with E-state index < -0.39 is 0 Å². The number of hydrogen-bond acceptors (Lipinski definition) is 3. The zero-order chi connectivity index (χ0) is 20.3. The van der Waals surface area contributed by atoms with Crippen molar-refractivity contribution in [2.24, 2.45) is 5.92 Å². The first-order valence-electron chi connectivity index (χ1n) is 11.4. The molecular weight excluding hydrogens is 364 g/mol. The summed E-state index contributed by atoms with van der Waals surface area (Å²) in [6, 6.07) is 7.79. The minimum absolute atomic E-state index is 0.0971. The van der Waals surface area contributed by atoms with Crippen LogP contribution in [0, 0.1) is 5.92 Å². The van der Waals surface area contributed by atoms with Crippen LogP contribution in [0.1, 0.15) is 80.1 Å². The highest BCUT2D eigenvalue weighted by molar-refractivity contribution is 6.02. The van der Waals surface area contributed by atoms with Gasteiger partial charge >= 0.3 is 0 Å². The average molecular weight is 399 g/mol. The van der Waals surface area contributed by atoms with Crippen molar-refractivity contribution >= 4 is 11.8 Å². The van der Waals surface area contributed by atoms with Crippen molar-refractivity contribution in [2.75, 3.05) is 26.3 Å². The quantitative estimate of drug-likeness (QED) is 0.791. The molecule has 2 fully saturated rings. The van der Waals surface area contributed by atoms with Gasteiger partial charge in [-0.3, -0.25) is 9.59 Å². The van der Waals surface area contributed by atoms with E-state index >= 15 is 0 Å². The molecular formula is C24H34N2O3. The maximum Gasteiger partial charge on any atom is 0.254 e. The average Bonchev–Trinajstić information content (AvgIpc) is 3.23. The van der Waals surface area contributed by atoms with Crippen LogP contribution >= 0.6 is 0 Å². The molecule has 4 rings (SSSR count). The van der Waals surface area contributed by atoms with Gasteiger partial charge in [-0.15, -0.1) is 0 Å². The minimum atomic E-state index is -0.361. The van der Waals surface area contributed by atoms with Crippen LogP contribution in [-0.4, -0.2) is 48.6 Å². The van der Waals surface area contributed by atoms with Crippen molar-refractivity contribution in [3.05, 3.63) is 35.4 Å². The van der Waals surface area contributed by atoms with Gasteiger partial charge in [-0.25, -0.2) is 0 Å². The Bertz CT molecular complexity index is 735. The van der Waals surface area contributed by atoms with Gasteiger partial charge in [0.2, 0.25) is 5.91 Å². The topological polar surface area (TPSA) is 58.6 Å². The van der Waals surface area contributed by atoms with E-state index in [9.17, 15) is 9.59 Å². The van der Waals surface area contributed by atoms with Crippen molar-refractivity contribution in [3.8, 4) is 0 Å². The maximum absolute atomic E-state index is 13.6. The molecule has 29 heavy (non-hydrogen) atoms. The van der Waals surface area contributed by atoms with E-state index in [2.05, 4.69) is 17.1 Å². The summed E-state index contributed by atoms with van der Waals surface area (Å²) in [7, 11) is 0. The molecule has 2 heterocycles. The molecule has 1 N–H and O–H groups in total. The lowest BCUT2D eigenvalue weighted by Gasteiger charge is -2.50. The Morgan fingerprint density at radius 3 is 2.66 bits per heavy atom. The van der Waals surface area contributed by atoms with Crippen molar-refractivity contribution < 1.29 is 14.3 Å². The summed E-state index contributed by atoms with van der Waals surface area (Å²) in [5.41, 5.74) is 1.28. The summed E-state index contributed by atoms with van der Waals surface area (Å²) in [6.45, 7) is 5.18. The maximum atomic E-state index is 13.6. The summed E-state index contributed by atoms with van der Waals surface area (Å²) in [5, 5.41) is 3.27. The molecule has 3 aliphatic rings. The molecule has 5 nitrogen and oxygen atoms in total. The third kappa shape index (κ3) is 3.81. The zero-order valence-electron chi connectivity index (χ0n) is 17.6. The van der Waals surface area contributed by atoms with Gasteiger partial charge in [-0.2, -0.15) is 0 Å². The van der Waals surface area contributed by atoms with Gasteiger partial charge in [0.1, 0.15) is 0 Å². The van der Waals surface area contributed by atoms with E-state index in [4.69, 9.17) is 4.74 Å². The van der Waals surface area contributed by atoms with Crippen LogP contribution in [0.25, 0.3) is 0 Å². The first-order valence-corrected chi connectivity index (χ1v) is 11.4. The van der Waals surface area contributed by atoms with Crippen molar-refractivity contribution in [1.29, 1.82) is 0 Å². The number of carbonyl (C=O) groups excluding carboxylic acids is 2. The number of unbranched alkanes of at least 4 members (excludes halogenated alkanes) is 1. The van der Waals surface area contributed by atoms with E-state index in [-0.39, 0.29) is 23.3 Å². The fourth-order valence-corrected chi connectivity index (χ4v) is 5.61. The Morgan fingerprint density at radius 2 is 1.93 bits per heavy atom. The molecule has 1 aliphatic carbocycles. The molecule has 5 heteroatoms. The van der Waals surface area contributed by atoms with Gasteiger partial charge in [0, 0.05) is 31.9 Å². The Balaban J connectivity index is 1.65. The lowest BCUT2D eigenvalue weighted by Crippen LogP contribution is -2.61. The summed E-state index contributed by atoms with van der Waals surface area (Å²) in [5.74, 6) is 0.434. The van der Waals surface area contributed by atoms with Gasteiger partial charge in [0.25, 0.3) is 5.91 Å². The third-order valence-corrected chi connectivity index (χ3v) is 7.19. The van der Waals surface area contributed by atoms with Crippen LogP contribution in [0.2, 0.25) is 0 Å². The van der Waals surface area contributed by atoms with Crippen LogP contribution in [0.3, 0.4) is 0 Å². The molecule has 1 aromatic carbocycles. The predicted molar refractivity (Wildman–Crippen MR) is 113 cm³/mol. The third-order valence-electron chi connectivity index (χ3n) is 7.19. The molecule has 158 valence electrons. The second-order valence-electron chi connectivity index (χ2n) is 8.94. The largest absolute Gasteiger partial charge is 0.381 e. The lowest BCUT2D eigenvalue weighted by molar-refractivity contribution is -0.126. The van der Waals surface area contributed by atoms with E-state index in [1.807, 2.05) is 24.3 Å². The van der Waals surface area contributed by atoms with Crippen molar-refractivity contribution in [2.45, 2.75) is 69.7 Å². The Morgan fingerprint density at radius 1 is 1.21 bits per heavy atom. The van der Waals surface area contributed by atoms with Crippen molar-refractivity contribution in [1.82, 2.24) is 10.2 Å². The second kappa shape index (κ2) is 8.86. The molecule has 1 atom stereocenters. The lowest BCUT2D eigenvalue weighted by atomic mass is 9.71. The number of fused-ring (bicyclic) bond motifs is 1. The van der Waals surface area contributed by atoms with Gasteiger partial charge in [0.05, 0.1) is 11.5 Å². The van der Waals surface area contributed by atoms with E-state index in [1.165, 1.54) is 0 Å². The number of carbonyl (C=O) groups is 2. The number of benzene rings is 1. The number of hydrogen-bond donors (Lipinski definition) is 1. The Kier molecular flexibility index (Phi) is 6.23. The Labute approximate surface area is 174 Å². The molecule has 0 bridgehead atoms. The molecule has 0 unspecified atom stereocenters. The summed E-state index contributed by atoms with van der Waals surface area (Å²) < 4.78 is 5.45. The Hall–Kier alpha value is -1.88. The van der Waals surface area contributed by atoms with E-state index in [0.717, 1.165) is 76.7 Å². The van der Waals surface area contributed by atoms with Gasteiger partial charge < -0.3 is 15.0 Å². The fraction of sp³-hybridized carbons (Fsp3) is 0.667. The van der Waals surface area contributed by atoms with Crippen molar-refractivity contribution in [3.63, 3.8) is 0 Å². The summed E-state index contributed by atoms with van der Waals surface area (Å²) in [4.78, 5) is 29.1. The zero-order valence-corrected chi connectivity index (χ0v) is 17.6. The number of rotatable bonds is 6. The van der Waals surface area contributed by atoms with Gasteiger partial charge in [0.15, 0.2) is 0 Å². The smallest absolute Gasteiger partial charge is 0.254 e. The predicted octanol–water partition coefficient (Wildman–Crippen LogP) is 3.88. The summed E-state index contributed by atoms with van der Waals surface area (Å²) >= 11 is 0. The molecule has 1 saturated carbocycles. The number of ether oxygens (including phenoxy) is 1. The highest BCUT2D eigenvalue weighted by Crippen LogP contribution is 2.50. The monoisotopic (exact) mass is 398 g/mol. The highest BCUT2D eigenvalue weighted by atomic mass is 16.5. The SMILES string of the molecule is CCCCN1C(=O)c2ccccc2[C@H](C(=O)NCC2CCOCC2)C12CCCC2. The van der Waals surface area contributed by atoms with Crippen LogP contribution in [-0.2, 0) is 9.53 Å². The molecule has 1 aromatic rings.